The first-order chi connectivity index (χ1) is 9.70. The van der Waals surface area contributed by atoms with Gasteiger partial charge in [-0.2, -0.15) is 0 Å². The third-order valence-electron chi connectivity index (χ3n) is 3.05. The lowest BCUT2D eigenvalue weighted by Gasteiger charge is -2.14. The number of benzene rings is 1. The second kappa shape index (κ2) is 6.82. The minimum absolute atomic E-state index is 0.0587. The van der Waals surface area contributed by atoms with Crippen LogP contribution in [0.1, 0.15) is 34.5 Å². The van der Waals surface area contributed by atoms with Crippen molar-refractivity contribution in [2.45, 2.75) is 19.6 Å². The van der Waals surface area contributed by atoms with Crippen LogP contribution in [0, 0.1) is 0 Å². The summed E-state index contributed by atoms with van der Waals surface area (Å²) in [7, 11) is 1.64. The molecule has 0 saturated carbocycles. The molecule has 1 heterocycles. The van der Waals surface area contributed by atoms with Crippen LogP contribution in [0.3, 0.4) is 0 Å². The van der Waals surface area contributed by atoms with Crippen molar-refractivity contribution in [1.29, 1.82) is 0 Å². The third kappa shape index (κ3) is 3.65. The molecule has 1 unspecified atom stereocenters. The zero-order chi connectivity index (χ0) is 14.4. The Morgan fingerprint density at radius 3 is 2.75 bits per heavy atom. The van der Waals surface area contributed by atoms with Crippen molar-refractivity contribution in [1.82, 2.24) is 10.3 Å². The highest BCUT2D eigenvalue weighted by atomic mass is 16.5. The molecule has 20 heavy (non-hydrogen) atoms. The van der Waals surface area contributed by atoms with Crippen LogP contribution in [-0.2, 0) is 11.3 Å². The molecule has 0 bridgehead atoms. The van der Waals surface area contributed by atoms with Crippen molar-refractivity contribution >= 4 is 5.91 Å². The smallest absolute Gasteiger partial charge is 0.251 e. The minimum Gasteiger partial charge on any atom is -0.380 e. The van der Waals surface area contributed by atoms with Gasteiger partial charge in [0.05, 0.1) is 12.6 Å². The molecular weight excluding hydrogens is 252 g/mol. The summed E-state index contributed by atoms with van der Waals surface area (Å²) in [4.78, 5) is 16.2. The van der Waals surface area contributed by atoms with Crippen molar-refractivity contribution in [2.75, 3.05) is 7.11 Å². The Balaban J connectivity index is 2.06. The summed E-state index contributed by atoms with van der Waals surface area (Å²) in [6, 6.07) is 11.2. The molecule has 0 aliphatic heterocycles. The zero-order valence-electron chi connectivity index (χ0n) is 11.7. The van der Waals surface area contributed by atoms with E-state index in [1.807, 2.05) is 37.3 Å². The van der Waals surface area contributed by atoms with Gasteiger partial charge in [-0.25, -0.2) is 0 Å². The molecule has 0 aliphatic rings. The highest BCUT2D eigenvalue weighted by molar-refractivity contribution is 5.94. The van der Waals surface area contributed by atoms with Crippen molar-refractivity contribution in [3.8, 4) is 0 Å². The summed E-state index contributed by atoms with van der Waals surface area (Å²) in [5.74, 6) is -0.0905. The number of nitrogens with one attached hydrogen (secondary N) is 1. The number of hydrogen-bond acceptors (Lipinski definition) is 3. The number of hydrogen-bond donors (Lipinski definition) is 1. The molecule has 0 radical (unpaired) electrons. The second-order valence-electron chi connectivity index (χ2n) is 4.61. The van der Waals surface area contributed by atoms with Gasteiger partial charge in [0, 0.05) is 25.1 Å². The SMILES string of the molecule is COCc1cccc(C(=O)NC(C)c2ccncc2)c1. The fraction of sp³-hybridized carbons (Fsp3) is 0.250. The molecule has 104 valence electrons. The van der Waals surface area contributed by atoms with Crippen LogP contribution in [0.4, 0.5) is 0 Å². The maximum atomic E-state index is 12.2. The molecule has 0 aliphatic carbocycles. The lowest BCUT2D eigenvalue weighted by atomic mass is 10.1. The number of amides is 1. The van der Waals surface area contributed by atoms with E-state index in [0.29, 0.717) is 12.2 Å². The van der Waals surface area contributed by atoms with E-state index in [-0.39, 0.29) is 11.9 Å². The molecule has 0 spiro atoms. The summed E-state index contributed by atoms with van der Waals surface area (Å²) in [5, 5.41) is 2.97. The Hall–Kier alpha value is -2.20. The molecule has 1 amide bonds. The maximum Gasteiger partial charge on any atom is 0.251 e. The Bertz CT molecular complexity index is 570. The summed E-state index contributed by atoms with van der Waals surface area (Å²) in [6.07, 6.45) is 3.44. The first-order valence-electron chi connectivity index (χ1n) is 6.49. The minimum atomic E-state index is -0.0905. The predicted octanol–water partition coefficient (Wildman–Crippen LogP) is 2.72. The largest absolute Gasteiger partial charge is 0.380 e. The molecule has 2 rings (SSSR count). The van der Waals surface area contributed by atoms with Crippen LogP contribution in [0.2, 0.25) is 0 Å². The highest BCUT2D eigenvalue weighted by Gasteiger charge is 2.11. The Labute approximate surface area is 118 Å². The van der Waals surface area contributed by atoms with Crippen LogP contribution in [0.5, 0.6) is 0 Å². The Kier molecular flexibility index (Phi) is 4.85. The monoisotopic (exact) mass is 270 g/mol. The molecule has 4 nitrogen and oxygen atoms in total. The number of carbonyl (C=O) groups excluding carboxylic acids is 1. The van der Waals surface area contributed by atoms with E-state index in [4.69, 9.17) is 4.74 Å². The molecule has 1 aromatic heterocycles. The quantitative estimate of drug-likeness (QED) is 0.908. The number of methoxy groups -OCH3 is 1. The molecular formula is C16H18N2O2. The summed E-state index contributed by atoms with van der Waals surface area (Å²) >= 11 is 0. The predicted molar refractivity (Wildman–Crippen MR) is 77.3 cm³/mol. The van der Waals surface area contributed by atoms with E-state index >= 15 is 0 Å². The average Bonchev–Trinajstić information content (AvgIpc) is 2.48. The molecule has 1 atom stereocenters. The molecule has 0 saturated heterocycles. The summed E-state index contributed by atoms with van der Waals surface area (Å²) in [5.41, 5.74) is 2.65. The van der Waals surface area contributed by atoms with Gasteiger partial charge in [0.25, 0.3) is 5.91 Å². The topological polar surface area (TPSA) is 51.2 Å². The fourth-order valence-electron chi connectivity index (χ4n) is 1.98. The molecule has 4 heteroatoms. The fourth-order valence-corrected chi connectivity index (χ4v) is 1.98. The molecule has 2 aromatic rings. The van der Waals surface area contributed by atoms with Gasteiger partial charge in [-0.15, -0.1) is 0 Å². The summed E-state index contributed by atoms with van der Waals surface area (Å²) < 4.78 is 5.07. The highest BCUT2D eigenvalue weighted by Crippen LogP contribution is 2.12. The second-order valence-corrected chi connectivity index (χ2v) is 4.61. The Morgan fingerprint density at radius 2 is 2.05 bits per heavy atom. The van der Waals surface area contributed by atoms with Crippen molar-refractivity contribution in [3.05, 3.63) is 65.5 Å². The van der Waals surface area contributed by atoms with E-state index in [0.717, 1.165) is 11.1 Å². The number of pyridine rings is 1. The standard InChI is InChI=1S/C16H18N2O2/c1-12(14-6-8-17-9-7-14)18-16(19)15-5-3-4-13(10-15)11-20-2/h3-10,12H,11H2,1-2H3,(H,18,19). The third-order valence-corrected chi connectivity index (χ3v) is 3.05. The van der Waals surface area contributed by atoms with Crippen LogP contribution in [0.25, 0.3) is 0 Å². The first-order valence-corrected chi connectivity index (χ1v) is 6.49. The zero-order valence-corrected chi connectivity index (χ0v) is 11.7. The number of rotatable bonds is 5. The Morgan fingerprint density at radius 1 is 1.30 bits per heavy atom. The number of carbonyl (C=O) groups is 1. The van der Waals surface area contributed by atoms with Gasteiger partial charge < -0.3 is 10.1 Å². The maximum absolute atomic E-state index is 12.2. The van der Waals surface area contributed by atoms with E-state index in [2.05, 4.69) is 10.3 Å². The van der Waals surface area contributed by atoms with Crippen LogP contribution in [-0.4, -0.2) is 18.0 Å². The number of ether oxygens (including phenoxy) is 1. The van der Waals surface area contributed by atoms with Crippen molar-refractivity contribution < 1.29 is 9.53 Å². The van der Waals surface area contributed by atoms with Crippen LogP contribution >= 0.6 is 0 Å². The van der Waals surface area contributed by atoms with Crippen molar-refractivity contribution in [2.24, 2.45) is 0 Å². The van der Waals surface area contributed by atoms with Crippen LogP contribution < -0.4 is 5.32 Å². The number of nitrogens with zero attached hydrogens (tertiary/aromatic N) is 1. The van der Waals surface area contributed by atoms with E-state index in [9.17, 15) is 4.79 Å². The van der Waals surface area contributed by atoms with Crippen LogP contribution in [0.15, 0.2) is 48.8 Å². The van der Waals surface area contributed by atoms with Gasteiger partial charge in [0.1, 0.15) is 0 Å². The normalized spacial score (nSPS) is 11.9. The van der Waals surface area contributed by atoms with E-state index in [1.54, 1.807) is 25.6 Å². The van der Waals surface area contributed by atoms with E-state index in [1.165, 1.54) is 0 Å². The van der Waals surface area contributed by atoms with Gasteiger partial charge in [-0.05, 0) is 42.3 Å². The van der Waals surface area contributed by atoms with Gasteiger partial charge in [-0.3, -0.25) is 9.78 Å². The van der Waals surface area contributed by atoms with Gasteiger partial charge in [-0.1, -0.05) is 12.1 Å². The average molecular weight is 270 g/mol. The molecule has 1 aromatic carbocycles. The van der Waals surface area contributed by atoms with E-state index < -0.39 is 0 Å². The van der Waals surface area contributed by atoms with Gasteiger partial charge in [0.15, 0.2) is 0 Å². The first kappa shape index (κ1) is 14.2. The lowest BCUT2D eigenvalue weighted by molar-refractivity contribution is 0.0939. The molecule has 1 N–H and O–H groups in total. The lowest BCUT2D eigenvalue weighted by Crippen LogP contribution is -2.26. The molecule has 0 fully saturated rings. The number of aromatic nitrogens is 1. The van der Waals surface area contributed by atoms with Gasteiger partial charge in [0.2, 0.25) is 0 Å². The van der Waals surface area contributed by atoms with Gasteiger partial charge >= 0.3 is 0 Å². The van der Waals surface area contributed by atoms with Crippen molar-refractivity contribution in [3.63, 3.8) is 0 Å². The summed E-state index contributed by atoms with van der Waals surface area (Å²) in [6.45, 7) is 2.45.